The lowest BCUT2D eigenvalue weighted by Gasteiger charge is -2.14. The maximum atomic E-state index is 11.8. The van der Waals surface area contributed by atoms with E-state index in [2.05, 4.69) is 26.5 Å². The van der Waals surface area contributed by atoms with Crippen LogP contribution < -0.4 is 10.3 Å². The number of halogens is 1. The standard InChI is InChI=1S/C18H19BrN4O3S/c1-22(2)17-8-5-14(9-16(17)19)10-20-21-18(24)12-27-11-13-3-6-15(7-4-13)23(25)26/h3-10H,11-12H2,1-2H3,(H,21,24)/b20-10-. The number of amides is 1. The Labute approximate surface area is 170 Å². The average Bonchev–Trinajstić information content (AvgIpc) is 2.62. The molecule has 0 heterocycles. The minimum Gasteiger partial charge on any atom is -0.377 e. The third-order valence-electron chi connectivity index (χ3n) is 3.51. The summed E-state index contributed by atoms with van der Waals surface area (Å²) in [5, 5.41) is 14.6. The molecular weight excluding hydrogens is 432 g/mol. The Morgan fingerprint density at radius 1 is 1.30 bits per heavy atom. The summed E-state index contributed by atoms with van der Waals surface area (Å²) in [7, 11) is 3.92. The molecule has 1 amide bonds. The largest absolute Gasteiger partial charge is 0.377 e. The van der Waals surface area contributed by atoms with E-state index in [-0.39, 0.29) is 17.3 Å². The Bertz CT molecular complexity index is 841. The molecule has 0 aliphatic heterocycles. The summed E-state index contributed by atoms with van der Waals surface area (Å²) in [6.07, 6.45) is 1.59. The smallest absolute Gasteiger partial charge is 0.269 e. The van der Waals surface area contributed by atoms with Crippen molar-refractivity contribution in [3.8, 4) is 0 Å². The van der Waals surface area contributed by atoms with Crippen LogP contribution >= 0.6 is 27.7 Å². The van der Waals surface area contributed by atoms with E-state index in [1.165, 1.54) is 23.9 Å². The van der Waals surface area contributed by atoms with Crippen LogP contribution in [-0.2, 0) is 10.5 Å². The number of nitrogens with one attached hydrogen (secondary N) is 1. The molecule has 0 fully saturated rings. The van der Waals surface area contributed by atoms with Gasteiger partial charge in [-0.15, -0.1) is 11.8 Å². The van der Waals surface area contributed by atoms with Crippen molar-refractivity contribution in [1.29, 1.82) is 0 Å². The summed E-state index contributed by atoms with van der Waals surface area (Å²) in [6, 6.07) is 12.1. The van der Waals surface area contributed by atoms with Gasteiger partial charge in [-0.1, -0.05) is 18.2 Å². The predicted molar refractivity (Wildman–Crippen MR) is 113 cm³/mol. The molecule has 0 saturated heterocycles. The molecule has 27 heavy (non-hydrogen) atoms. The molecule has 142 valence electrons. The van der Waals surface area contributed by atoms with E-state index in [0.29, 0.717) is 5.75 Å². The van der Waals surface area contributed by atoms with E-state index in [9.17, 15) is 14.9 Å². The quantitative estimate of drug-likeness (QED) is 0.375. The number of hydrogen-bond donors (Lipinski definition) is 1. The van der Waals surface area contributed by atoms with E-state index in [0.717, 1.165) is 21.3 Å². The van der Waals surface area contributed by atoms with E-state index >= 15 is 0 Å². The van der Waals surface area contributed by atoms with E-state index in [4.69, 9.17) is 0 Å². The van der Waals surface area contributed by atoms with Crippen molar-refractivity contribution in [1.82, 2.24) is 5.43 Å². The van der Waals surface area contributed by atoms with E-state index < -0.39 is 4.92 Å². The fourth-order valence-electron chi connectivity index (χ4n) is 2.15. The Morgan fingerprint density at radius 2 is 2.00 bits per heavy atom. The van der Waals surface area contributed by atoms with Crippen molar-refractivity contribution < 1.29 is 9.72 Å². The molecule has 0 aliphatic carbocycles. The number of anilines is 1. The number of hydrazone groups is 1. The Balaban J connectivity index is 1.76. The SMILES string of the molecule is CN(C)c1ccc(/C=N\NC(=O)CSCc2ccc([N+](=O)[O-])cc2)cc1Br. The van der Waals surface area contributed by atoms with Crippen LogP contribution in [0.15, 0.2) is 52.0 Å². The molecule has 0 radical (unpaired) electrons. The number of nitro benzene ring substituents is 1. The second-order valence-electron chi connectivity index (χ2n) is 5.81. The fraction of sp³-hybridized carbons (Fsp3) is 0.222. The monoisotopic (exact) mass is 450 g/mol. The zero-order chi connectivity index (χ0) is 19.8. The molecule has 9 heteroatoms. The van der Waals surface area contributed by atoms with Gasteiger partial charge in [0.05, 0.1) is 22.6 Å². The first kappa shape index (κ1) is 20.9. The highest BCUT2D eigenvalue weighted by Crippen LogP contribution is 2.25. The number of rotatable bonds is 8. The first-order valence-corrected chi connectivity index (χ1v) is 9.91. The highest BCUT2D eigenvalue weighted by molar-refractivity contribution is 9.10. The summed E-state index contributed by atoms with van der Waals surface area (Å²) in [5.41, 5.74) is 5.39. The second kappa shape index (κ2) is 10.1. The van der Waals surface area contributed by atoms with Gasteiger partial charge >= 0.3 is 0 Å². The third kappa shape index (κ3) is 6.69. The van der Waals surface area contributed by atoms with Crippen molar-refractivity contribution in [3.63, 3.8) is 0 Å². The number of carbonyl (C=O) groups is 1. The third-order valence-corrected chi connectivity index (χ3v) is 5.14. The van der Waals surface area contributed by atoms with Crippen molar-refractivity contribution in [2.24, 2.45) is 5.10 Å². The van der Waals surface area contributed by atoms with Gasteiger partial charge in [0.1, 0.15) is 0 Å². The van der Waals surface area contributed by atoms with Gasteiger partial charge in [0.25, 0.3) is 5.69 Å². The Morgan fingerprint density at radius 3 is 2.59 bits per heavy atom. The van der Waals surface area contributed by atoms with Crippen LogP contribution in [0.25, 0.3) is 0 Å². The molecule has 1 N–H and O–H groups in total. The number of thioether (sulfide) groups is 1. The number of hydrogen-bond acceptors (Lipinski definition) is 6. The molecule has 0 saturated carbocycles. The van der Waals surface area contributed by atoms with Crippen LogP contribution in [0, 0.1) is 10.1 Å². The van der Waals surface area contributed by atoms with Crippen LogP contribution in [0.5, 0.6) is 0 Å². The van der Waals surface area contributed by atoms with E-state index in [1.807, 2.05) is 37.2 Å². The highest BCUT2D eigenvalue weighted by atomic mass is 79.9. The number of non-ortho nitro benzene ring substituents is 1. The molecule has 0 bridgehead atoms. The molecule has 0 aliphatic rings. The maximum Gasteiger partial charge on any atom is 0.269 e. The Kier molecular flexibility index (Phi) is 7.81. The molecule has 0 unspecified atom stereocenters. The zero-order valence-electron chi connectivity index (χ0n) is 14.9. The van der Waals surface area contributed by atoms with E-state index in [1.54, 1.807) is 18.3 Å². The number of nitro groups is 1. The summed E-state index contributed by atoms with van der Waals surface area (Å²) < 4.78 is 0.946. The lowest BCUT2D eigenvalue weighted by atomic mass is 10.2. The second-order valence-corrected chi connectivity index (χ2v) is 7.65. The number of carbonyl (C=O) groups excluding carboxylic acids is 1. The van der Waals surface area contributed by atoms with Gasteiger partial charge in [-0.25, -0.2) is 5.43 Å². The fourth-order valence-corrected chi connectivity index (χ4v) is 3.68. The molecular formula is C18H19BrN4O3S. The van der Waals surface area contributed by atoms with Crippen LogP contribution in [-0.4, -0.2) is 36.9 Å². The molecule has 2 aromatic rings. The average molecular weight is 451 g/mol. The molecule has 2 rings (SSSR count). The summed E-state index contributed by atoms with van der Waals surface area (Å²) >= 11 is 4.92. The predicted octanol–water partition coefficient (Wildman–Crippen LogP) is 3.81. The maximum absolute atomic E-state index is 11.8. The summed E-state index contributed by atoms with van der Waals surface area (Å²) in [5.74, 6) is 0.633. The van der Waals surface area contributed by atoms with Crippen molar-refractivity contribution in [3.05, 3.63) is 68.2 Å². The minimum atomic E-state index is -0.436. The van der Waals surface area contributed by atoms with Crippen molar-refractivity contribution in [2.75, 3.05) is 24.7 Å². The molecule has 2 aromatic carbocycles. The van der Waals surface area contributed by atoms with Crippen LogP contribution in [0.4, 0.5) is 11.4 Å². The van der Waals surface area contributed by atoms with Gasteiger partial charge in [0.2, 0.25) is 5.91 Å². The number of benzene rings is 2. The Hall–Kier alpha value is -2.39. The van der Waals surface area contributed by atoms with Gasteiger partial charge in [0.15, 0.2) is 0 Å². The molecule has 0 spiro atoms. The number of nitrogens with zero attached hydrogens (tertiary/aromatic N) is 3. The first-order chi connectivity index (χ1) is 12.9. The van der Waals surface area contributed by atoms with Crippen molar-refractivity contribution >= 4 is 51.2 Å². The van der Waals surface area contributed by atoms with Gasteiger partial charge in [-0.3, -0.25) is 14.9 Å². The normalized spacial score (nSPS) is 10.8. The van der Waals surface area contributed by atoms with Crippen molar-refractivity contribution in [2.45, 2.75) is 5.75 Å². The van der Waals surface area contributed by atoms with Gasteiger partial charge in [-0.05, 0) is 39.2 Å². The molecule has 7 nitrogen and oxygen atoms in total. The summed E-state index contributed by atoms with van der Waals surface area (Å²) in [4.78, 5) is 24.0. The topological polar surface area (TPSA) is 87.8 Å². The lowest BCUT2D eigenvalue weighted by Crippen LogP contribution is -2.19. The van der Waals surface area contributed by atoms with Crippen LogP contribution in [0.3, 0.4) is 0 Å². The summed E-state index contributed by atoms with van der Waals surface area (Å²) in [6.45, 7) is 0. The van der Waals surface area contributed by atoms with Gasteiger partial charge < -0.3 is 4.90 Å². The lowest BCUT2D eigenvalue weighted by molar-refractivity contribution is -0.384. The van der Waals surface area contributed by atoms with Crippen LogP contribution in [0.2, 0.25) is 0 Å². The molecule has 0 atom stereocenters. The van der Waals surface area contributed by atoms with Crippen LogP contribution in [0.1, 0.15) is 11.1 Å². The zero-order valence-corrected chi connectivity index (χ0v) is 17.3. The van der Waals surface area contributed by atoms with Gasteiger partial charge in [0, 0.05) is 36.5 Å². The van der Waals surface area contributed by atoms with Gasteiger partial charge in [-0.2, -0.15) is 5.10 Å². The molecule has 0 aromatic heterocycles. The first-order valence-electron chi connectivity index (χ1n) is 7.96. The minimum absolute atomic E-state index is 0.0566. The highest BCUT2D eigenvalue weighted by Gasteiger charge is 2.05.